The predicted molar refractivity (Wildman–Crippen MR) is 103 cm³/mol. The number of rotatable bonds is 3. The molecular formula is C19H15Br2NO. The van der Waals surface area contributed by atoms with E-state index in [1.807, 2.05) is 37.3 Å². The largest absolute Gasteiger partial charge is 0.455 e. The molecule has 1 heterocycles. The van der Waals surface area contributed by atoms with Gasteiger partial charge in [0.15, 0.2) is 0 Å². The van der Waals surface area contributed by atoms with E-state index in [1.54, 1.807) is 6.21 Å². The number of hydrogen-bond acceptors (Lipinski definition) is 2. The molecule has 23 heavy (non-hydrogen) atoms. The van der Waals surface area contributed by atoms with Crippen LogP contribution in [-0.4, -0.2) is 6.21 Å². The third-order valence-electron chi connectivity index (χ3n) is 3.51. The number of nitrogens with zero attached hydrogens (tertiary/aromatic N) is 1. The fourth-order valence-electron chi connectivity index (χ4n) is 2.28. The zero-order valence-electron chi connectivity index (χ0n) is 12.8. The summed E-state index contributed by atoms with van der Waals surface area (Å²) in [6.07, 6.45) is 1.75. The lowest BCUT2D eigenvalue weighted by molar-refractivity contribution is 0.575. The molecule has 3 rings (SSSR count). The molecule has 0 unspecified atom stereocenters. The van der Waals surface area contributed by atoms with Gasteiger partial charge in [-0.05, 0) is 67.4 Å². The van der Waals surface area contributed by atoms with Crippen LogP contribution in [0.3, 0.4) is 0 Å². The zero-order valence-corrected chi connectivity index (χ0v) is 16.0. The summed E-state index contributed by atoms with van der Waals surface area (Å²) in [5, 5.41) is 0. The summed E-state index contributed by atoms with van der Waals surface area (Å²) in [5.41, 5.74) is 4.29. The van der Waals surface area contributed by atoms with Gasteiger partial charge >= 0.3 is 0 Å². The Hall–Kier alpha value is -1.65. The van der Waals surface area contributed by atoms with Crippen LogP contribution in [0, 0.1) is 13.8 Å². The smallest absolute Gasteiger partial charge is 0.145 e. The molecule has 0 saturated carbocycles. The van der Waals surface area contributed by atoms with E-state index in [0.717, 1.165) is 37.3 Å². The van der Waals surface area contributed by atoms with Crippen LogP contribution < -0.4 is 0 Å². The first-order chi connectivity index (χ1) is 11.0. The van der Waals surface area contributed by atoms with Gasteiger partial charge in [0.25, 0.3) is 0 Å². The summed E-state index contributed by atoms with van der Waals surface area (Å²) in [6.45, 7) is 4.10. The van der Waals surface area contributed by atoms with Crippen LogP contribution in [0.1, 0.15) is 16.9 Å². The summed E-state index contributed by atoms with van der Waals surface area (Å²) in [7, 11) is 0. The standard InChI is InChI=1S/C19H15Br2NO/c1-12-3-6-16(17(21)9-12)19-8-5-15(23-19)11-22-18-7-4-14(20)10-13(18)2/h3-11H,1-2H3. The number of aliphatic imine (C=N–C) groups is 1. The molecule has 0 radical (unpaired) electrons. The summed E-state index contributed by atoms with van der Waals surface area (Å²) < 4.78 is 7.97. The van der Waals surface area contributed by atoms with E-state index < -0.39 is 0 Å². The maximum absolute atomic E-state index is 5.89. The first-order valence-corrected chi connectivity index (χ1v) is 8.78. The van der Waals surface area contributed by atoms with Gasteiger partial charge in [0.1, 0.15) is 11.5 Å². The number of benzene rings is 2. The van der Waals surface area contributed by atoms with E-state index in [4.69, 9.17) is 4.42 Å². The SMILES string of the molecule is Cc1ccc(-c2ccc(C=Nc3ccc(Br)cc3C)o2)c(Br)c1. The molecular weight excluding hydrogens is 418 g/mol. The third kappa shape index (κ3) is 3.82. The Labute approximate surface area is 152 Å². The monoisotopic (exact) mass is 431 g/mol. The fourth-order valence-corrected chi connectivity index (χ4v) is 3.45. The van der Waals surface area contributed by atoms with Crippen LogP contribution in [0.4, 0.5) is 5.69 Å². The first-order valence-electron chi connectivity index (χ1n) is 7.19. The summed E-state index contributed by atoms with van der Waals surface area (Å²) in [6, 6.07) is 16.1. The van der Waals surface area contributed by atoms with E-state index in [9.17, 15) is 0 Å². The molecule has 116 valence electrons. The molecule has 0 N–H and O–H groups in total. The molecule has 3 aromatic rings. The molecule has 1 aromatic heterocycles. The van der Waals surface area contributed by atoms with Gasteiger partial charge in [-0.1, -0.05) is 37.9 Å². The van der Waals surface area contributed by atoms with Gasteiger partial charge in [-0.3, -0.25) is 4.99 Å². The molecule has 0 amide bonds. The molecule has 4 heteroatoms. The van der Waals surface area contributed by atoms with Gasteiger partial charge in [-0.25, -0.2) is 0 Å². The predicted octanol–water partition coefficient (Wildman–Crippen LogP) is 6.84. The summed E-state index contributed by atoms with van der Waals surface area (Å²) >= 11 is 7.05. The normalized spacial score (nSPS) is 11.3. The molecule has 0 atom stereocenters. The quantitative estimate of drug-likeness (QED) is 0.416. The van der Waals surface area contributed by atoms with Crippen molar-refractivity contribution in [3.8, 4) is 11.3 Å². The van der Waals surface area contributed by atoms with Gasteiger partial charge in [0.05, 0.1) is 11.9 Å². The average molecular weight is 433 g/mol. The molecule has 2 nitrogen and oxygen atoms in total. The summed E-state index contributed by atoms with van der Waals surface area (Å²) in [5.74, 6) is 1.56. The highest BCUT2D eigenvalue weighted by Crippen LogP contribution is 2.30. The maximum atomic E-state index is 5.89. The van der Waals surface area contributed by atoms with Crippen molar-refractivity contribution in [1.82, 2.24) is 0 Å². The Morgan fingerprint density at radius 3 is 2.52 bits per heavy atom. The van der Waals surface area contributed by atoms with E-state index in [2.05, 4.69) is 62.0 Å². The van der Waals surface area contributed by atoms with Gasteiger partial charge in [0, 0.05) is 14.5 Å². The number of hydrogen-bond donors (Lipinski definition) is 0. The van der Waals surface area contributed by atoms with Gasteiger partial charge in [-0.2, -0.15) is 0 Å². The molecule has 0 fully saturated rings. The van der Waals surface area contributed by atoms with Crippen molar-refractivity contribution >= 4 is 43.8 Å². The fraction of sp³-hybridized carbons (Fsp3) is 0.105. The van der Waals surface area contributed by atoms with Crippen molar-refractivity contribution in [2.24, 2.45) is 4.99 Å². The third-order valence-corrected chi connectivity index (χ3v) is 4.66. The van der Waals surface area contributed by atoms with Crippen molar-refractivity contribution in [3.63, 3.8) is 0 Å². The molecule has 0 saturated heterocycles. The van der Waals surface area contributed by atoms with Crippen molar-refractivity contribution < 1.29 is 4.42 Å². The van der Waals surface area contributed by atoms with E-state index in [1.165, 1.54) is 5.56 Å². The van der Waals surface area contributed by atoms with E-state index >= 15 is 0 Å². The minimum absolute atomic E-state index is 0.731. The highest BCUT2D eigenvalue weighted by molar-refractivity contribution is 9.10. The van der Waals surface area contributed by atoms with Crippen molar-refractivity contribution in [2.45, 2.75) is 13.8 Å². The highest BCUT2D eigenvalue weighted by atomic mass is 79.9. The molecule has 0 aliphatic carbocycles. The second-order valence-corrected chi connectivity index (χ2v) is 7.14. The maximum Gasteiger partial charge on any atom is 0.145 e. The highest BCUT2D eigenvalue weighted by Gasteiger charge is 2.07. The second kappa shape index (κ2) is 6.85. The minimum atomic E-state index is 0.731. The lowest BCUT2D eigenvalue weighted by Gasteiger charge is -2.02. The van der Waals surface area contributed by atoms with Crippen LogP contribution in [0.2, 0.25) is 0 Å². The van der Waals surface area contributed by atoms with Crippen molar-refractivity contribution in [3.05, 3.63) is 74.4 Å². The van der Waals surface area contributed by atoms with E-state index in [-0.39, 0.29) is 0 Å². The molecule has 0 aliphatic rings. The molecule has 0 spiro atoms. The number of halogens is 2. The average Bonchev–Trinajstić information content (AvgIpc) is 2.95. The number of aryl methyl sites for hydroxylation is 2. The Morgan fingerprint density at radius 2 is 1.78 bits per heavy atom. The van der Waals surface area contributed by atoms with E-state index in [0.29, 0.717) is 0 Å². The molecule has 0 bridgehead atoms. The topological polar surface area (TPSA) is 25.5 Å². The van der Waals surface area contributed by atoms with Gasteiger partial charge in [-0.15, -0.1) is 0 Å². The first kappa shape index (κ1) is 16.2. The Bertz CT molecular complexity index is 881. The summed E-state index contributed by atoms with van der Waals surface area (Å²) in [4.78, 5) is 4.51. The lowest BCUT2D eigenvalue weighted by atomic mass is 10.1. The second-order valence-electron chi connectivity index (χ2n) is 5.37. The lowest BCUT2D eigenvalue weighted by Crippen LogP contribution is -1.80. The van der Waals surface area contributed by atoms with Crippen LogP contribution >= 0.6 is 31.9 Å². The Morgan fingerprint density at radius 1 is 0.957 bits per heavy atom. The Balaban J connectivity index is 1.86. The number of furan rings is 1. The van der Waals surface area contributed by atoms with Crippen molar-refractivity contribution in [1.29, 1.82) is 0 Å². The van der Waals surface area contributed by atoms with Gasteiger partial charge in [0.2, 0.25) is 0 Å². The van der Waals surface area contributed by atoms with Gasteiger partial charge < -0.3 is 4.42 Å². The van der Waals surface area contributed by atoms with Crippen molar-refractivity contribution in [2.75, 3.05) is 0 Å². The van der Waals surface area contributed by atoms with Crippen LogP contribution in [0.15, 0.2) is 66.9 Å². The minimum Gasteiger partial charge on any atom is -0.455 e. The van der Waals surface area contributed by atoms with Crippen LogP contribution in [0.5, 0.6) is 0 Å². The zero-order chi connectivity index (χ0) is 16.4. The van der Waals surface area contributed by atoms with Crippen LogP contribution in [-0.2, 0) is 0 Å². The molecule has 0 aliphatic heterocycles. The molecule has 2 aromatic carbocycles. The Kier molecular flexibility index (Phi) is 4.83. The van der Waals surface area contributed by atoms with Crippen LogP contribution in [0.25, 0.3) is 11.3 Å².